The van der Waals surface area contributed by atoms with Gasteiger partial charge in [-0.25, -0.2) is 15.0 Å². The van der Waals surface area contributed by atoms with Gasteiger partial charge in [0.2, 0.25) is 0 Å². The van der Waals surface area contributed by atoms with Gasteiger partial charge in [-0.2, -0.15) is 0 Å². The Morgan fingerprint density at radius 1 is 0.309 bits per heavy atom. The average Bonchev–Trinajstić information content (AvgIpc) is 3.56. The van der Waals surface area contributed by atoms with E-state index in [1.54, 1.807) is 0 Å². The van der Waals surface area contributed by atoms with E-state index in [1.165, 1.54) is 38.8 Å². The molecule has 8 aromatic carbocycles. The van der Waals surface area contributed by atoms with Gasteiger partial charge in [-0.05, 0) is 63.0 Å². The molecule has 256 valence electrons. The second-order valence-electron chi connectivity index (χ2n) is 14.3. The van der Waals surface area contributed by atoms with E-state index in [0.29, 0.717) is 5.82 Å². The lowest BCUT2D eigenvalue weighted by Gasteiger charge is -2.34. The lowest BCUT2D eigenvalue weighted by atomic mass is 9.67. The Morgan fingerprint density at radius 3 is 1.55 bits per heavy atom. The molecule has 55 heavy (non-hydrogen) atoms. The van der Waals surface area contributed by atoms with Gasteiger partial charge in [0.05, 0.1) is 27.8 Å². The molecule has 0 amide bonds. The number of benzene rings is 8. The van der Waals surface area contributed by atoms with Crippen LogP contribution in [-0.2, 0) is 5.41 Å². The molecule has 0 atom stereocenters. The molecule has 0 saturated heterocycles. The molecule has 0 bridgehead atoms. The van der Waals surface area contributed by atoms with E-state index in [4.69, 9.17) is 15.0 Å². The van der Waals surface area contributed by atoms with Crippen molar-refractivity contribution in [3.8, 4) is 45.0 Å². The molecule has 1 aliphatic rings. The predicted molar refractivity (Wildman–Crippen MR) is 226 cm³/mol. The van der Waals surface area contributed by atoms with E-state index >= 15 is 0 Å². The van der Waals surface area contributed by atoms with Gasteiger partial charge >= 0.3 is 0 Å². The summed E-state index contributed by atoms with van der Waals surface area (Å²) in [7, 11) is 0. The van der Waals surface area contributed by atoms with Crippen LogP contribution in [0.4, 0.5) is 0 Å². The van der Waals surface area contributed by atoms with E-state index in [9.17, 15) is 0 Å². The highest BCUT2D eigenvalue weighted by molar-refractivity contribution is 6.13. The normalized spacial score (nSPS) is 12.9. The molecule has 0 saturated carbocycles. The van der Waals surface area contributed by atoms with Crippen LogP contribution in [-0.4, -0.2) is 15.0 Å². The first-order valence-electron chi connectivity index (χ1n) is 18.8. The van der Waals surface area contributed by atoms with Gasteiger partial charge in [0.25, 0.3) is 0 Å². The fraction of sp³-hybridized carbons (Fsp3) is 0.0192. The predicted octanol–water partition coefficient (Wildman–Crippen LogP) is 12.7. The smallest absolute Gasteiger partial charge is 0.160 e. The van der Waals surface area contributed by atoms with E-state index in [1.807, 2.05) is 18.2 Å². The number of hydrogen-bond donors (Lipinski definition) is 0. The van der Waals surface area contributed by atoms with Gasteiger partial charge in [0.15, 0.2) is 5.82 Å². The average molecular weight is 700 g/mol. The molecule has 11 rings (SSSR count). The SMILES string of the molecule is c1ccc(-c2nc(-c3ccc(-c4nc5ccccc5c5cc6c(cc45)C(c4ccccc4)(c4ccccc4)c4ccccc4-6)cc3)nc3ccccc23)cc1. The molecule has 10 aromatic rings. The maximum Gasteiger partial charge on any atom is 0.160 e. The van der Waals surface area contributed by atoms with E-state index in [-0.39, 0.29) is 0 Å². The number of nitrogens with zero attached hydrogens (tertiary/aromatic N) is 3. The maximum atomic E-state index is 5.41. The summed E-state index contributed by atoms with van der Waals surface area (Å²) in [5.41, 5.74) is 14.0. The monoisotopic (exact) mass is 699 g/mol. The first-order chi connectivity index (χ1) is 27.3. The van der Waals surface area contributed by atoms with Crippen LogP contribution in [0.25, 0.3) is 77.6 Å². The van der Waals surface area contributed by atoms with Gasteiger partial charge in [0.1, 0.15) is 0 Å². The molecule has 2 aromatic heterocycles. The molecule has 1 aliphatic carbocycles. The minimum atomic E-state index is -0.501. The van der Waals surface area contributed by atoms with Crippen LogP contribution in [0.15, 0.2) is 200 Å². The Morgan fingerprint density at radius 2 is 0.836 bits per heavy atom. The highest BCUT2D eigenvalue weighted by Gasteiger charge is 2.46. The van der Waals surface area contributed by atoms with Gasteiger partial charge < -0.3 is 0 Å². The first-order valence-corrected chi connectivity index (χ1v) is 18.8. The van der Waals surface area contributed by atoms with E-state index in [0.717, 1.165) is 55.3 Å². The summed E-state index contributed by atoms with van der Waals surface area (Å²) in [6.07, 6.45) is 0. The zero-order valence-electron chi connectivity index (χ0n) is 29.9. The summed E-state index contributed by atoms with van der Waals surface area (Å²) in [4.78, 5) is 15.6. The van der Waals surface area contributed by atoms with E-state index < -0.39 is 5.41 Å². The zero-order valence-corrected chi connectivity index (χ0v) is 29.9. The number of aromatic nitrogens is 3. The molecule has 0 unspecified atom stereocenters. The van der Waals surface area contributed by atoms with Crippen molar-refractivity contribution in [2.24, 2.45) is 0 Å². The van der Waals surface area contributed by atoms with Gasteiger partial charge in [-0.15, -0.1) is 0 Å². The molecule has 3 nitrogen and oxygen atoms in total. The lowest BCUT2D eigenvalue weighted by Crippen LogP contribution is -2.28. The van der Waals surface area contributed by atoms with Crippen LogP contribution < -0.4 is 0 Å². The lowest BCUT2D eigenvalue weighted by molar-refractivity contribution is 0.769. The topological polar surface area (TPSA) is 38.7 Å². The molecule has 3 heteroatoms. The highest BCUT2D eigenvalue weighted by Crippen LogP contribution is 2.57. The Kier molecular flexibility index (Phi) is 7.08. The summed E-state index contributed by atoms with van der Waals surface area (Å²) in [6, 6.07) is 71.5. The molecular formula is C52H33N3. The number of pyridine rings is 1. The third-order valence-electron chi connectivity index (χ3n) is 11.3. The van der Waals surface area contributed by atoms with Crippen molar-refractivity contribution in [3.05, 3.63) is 222 Å². The van der Waals surface area contributed by atoms with Crippen molar-refractivity contribution in [2.45, 2.75) is 5.41 Å². The molecule has 0 N–H and O–H groups in total. The molecule has 2 heterocycles. The quantitative estimate of drug-likeness (QED) is 0.168. The van der Waals surface area contributed by atoms with E-state index in [2.05, 4.69) is 182 Å². The summed E-state index contributed by atoms with van der Waals surface area (Å²) in [5, 5.41) is 4.51. The Bertz CT molecular complexity index is 3030. The maximum absolute atomic E-state index is 5.41. The van der Waals surface area contributed by atoms with Crippen molar-refractivity contribution >= 4 is 32.6 Å². The highest BCUT2D eigenvalue weighted by atomic mass is 14.9. The summed E-state index contributed by atoms with van der Waals surface area (Å²) in [6.45, 7) is 0. The van der Waals surface area contributed by atoms with Gasteiger partial charge in [-0.3, -0.25) is 0 Å². The Labute approximate surface area is 319 Å². The molecule has 0 fully saturated rings. The fourth-order valence-electron chi connectivity index (χ4n) is 8.91. The first kappa shape index (κ1) is 31.3. The number of rotatable bonds is 5. The van der Waals surface area contributed by atoms with Crippen LogP contribution >= 0.6 is 0 Å². The van der Waals surface area contributed by atoms with Crippen LogP contribution in [0, 0.1) is 0 Å². The standard InChI is InChI=1S/C52H33N3/c1-4-16-34(17-5-1)49-41-24-12-15-27-48(41)54-51(55-49)36-30-28-35(29-31-36)50-44-33-46-43(32-42(44)40-23-11-14-26-47(40)53-50)39-22-10-13-25-45(39)52(46,37-18-6-2-7-19-37)38-20-8-3-9-21-38/h1-33H. The number of hydrogen-bond acceptors (Lipinski definition) is 3. The van der Waals surface area contributed by atoms with Crippen molar-refractivity contribution in [3.63, 3.8) is 0 Å². The summed E-state index contributed by atoms with van der Waals surface area (Å²) < 4.78 is 0. The number of para-hydroxylation sites is 2. The molecule has 0 aliphatic heterocycles. The molecule has 0 spiro atoms. The van der Waals surface area contributed by atoms with Crippen molar-refractivity contribution in [1.29, 1.82) is 0 Å². The largest absolute Gasteiger partial charge is 0.247 e. The minimum Gasteiger partial charge on any atom is -0.247 e. The molecular weight excluding hydrogens is 667 g/mol. The van der Waals surface area contributed by atoms with Gasteiger partial charge in [0, 0.05) is 32.8 Å². The van der Waals surface area contributed by atoms with Crippen molar-refractivity contribution in [1.82, 2.24) is 15.0 Å². The van der Waals surface area contributed by atoms with Gasteiger partial charge in [-0.1, -0.05) is 176 Å². The third-order valence-corrected chi connectivity index (χ3v) is 11.3. The Balaban J connectivity index is 1.14. The van der Waals surface area contributed by atoms with Crippen LogP contribution in [0.2, 0.25) is 0 Å². The van der Waals surface area contributed by atoms with Crippen LogP contribution in [0.1, 0.15) is 22.3 Å². The second-order valence-corrected chi connectivity index (χ2v) is 14.3. The van der Waals surface area contributed by atoms with Crippen LogP contribution in [0.5, 0.6) is 0 Å². The van der Waals surface area contributed by atoms with Crippen molar-refractivity contribution < 1.29 is 0 Å². The fourth-order valence-corrected chi connectivity index (χ4v) is 8.91. The minimum absolute atomic E-state index is 0.501. The second kappa shape index (κ2) is 12.4. The zero-order chi connectivity index (χ0) is 36.3. The molecule has 0 radical (unpaired) electrons. The Hall–Kier alpha value is -7.23. The summed E-state index contributed by atoms with van der Waals surface area (Å²) >= 11 is 0. The third kappa shape index (κ3) is 4.80. The number of fused-ring (bicyclic) bond motifs is 7. The van der Waals surface area contributed by atoms with Crippen LogP contribution in [0.3, 0.4) is 0 Å². The summed E-state index contributed by atoms with van der Waals surface area (Å²) in [5.74, 6) is 0.700. The van der Waals surface area contributed by atoms with Crippen molar-refractivity contribution in [2.75, 3.05) is 0 Å².